The number of aliphatic hydroxyl groups excluding tert-OH is 1. The van der Waals surface area contributed by atoms with Gasteiger partial charge in [-0.15, -0.1) is 5.06 Å². The predicted octanol–water partition coefficient (Wildman–Crippen LogP) is 0.988. The number of ether oxygens (including phenoxy) is 1. The maximum absolute atomic E-state index is 15.9. The summed E-state index contributed by atoms with van der Waals surface area (Å²) in [7, 11) is 0. The average Bonchev–Trinajstić information content (AvgIpc) is 3.14. The fraction of sp³-hybridized carbons (Fsp3) is 0.857. The van der Waals surface area contributed by atoms with Crippen LogP contribution in [0.15, 0.2) is 4.99 Å². The lowest BCUT2D eigenvalue weighted by Gasteiger charge is -2.50. The number of halogens is 4. The summed E-state index contributed by atoms with van der Waals surface area (Å²) >= 11 is 0. The van der Waals surface area contributed by atoms with Gasteiger partial charge in [-0.2, -0.15) is 17.6 Å². The summed E-state index contributed by atoms with van der Waals surface area (Å²) in [4.78, 5) is 16.2. The number of nitrogens with one attached hydrogen (secondary N) is 1. The van der Waals surface area contributed by atoms with Crippen LogP contribution in [0.4, 0.5) is 22.4 Å². The largest absolute Gasteiger partial charge is 0.406 e. The molecule has 0 saturated carbocycles. The van der Waals surface area contributed by atoms with Crippen molar-refractivity contribution in [3.05, 3.63) is 0 Å². The lowest BCUT2D eigenvalue weighted by molar-refractivity contribution is -0.304. The molecule has 2 saturated heterocycles. The fourth-order valence-electron chi connectivity index (χ4n) is 3.76. The predicted molar refractivity (Wildman–Crippen MR) is 79.0 cm³/mol. The number of aliphatic hydroxyl groups is 1. The van der Waals surface area contributed by atoms with Crippen molar-refractivity contribution in [2.45, 2.75) is 62.2 Å². The number of carbonyl (C=O) groups is 1. The molecule has 3 rings (SSSR count). The van der Waals surface area contributed by atoms with E-state index >= 15 is 4.39 Å². The van der Waals surface area contributed by atoms with Gasteiger partial charge in [-0.1, -0.05) is 6.92 Å². The summed E-state index contributed by atoms with van der Waals surface area (Å²) in [6.45, 7) is -0.0265. The Hall–Kier alpha value is -1.50. The second-order valence-electron chi connectivity index (χ2n) is 6.59. The number of amides is 2. The molecule has 0 aromatic rings. The number of aliphatic imine (C=N–C) groups is 1. The second kappa shape index (κ2) is 6.29. The van der Waals surface area contributed by atoms with Crippen LogP contribution in [0.3, 0.4) is 0 Å². The van der Waals surface area contributed by atoms with Crippen LogP contribution in [-0.4, -0.2) is 81.7 Å². The molecule has 2 amide bonds. The Morgan fingerprint density at radius 3 is 2.77 bits per heavy atom. The van der Waals surface area contributed by atoms with Gasteiger partial charge in [0.25, 0.3) is 5.92 Å². The third kappa shape index (κ3) is 2.66. The van der Waals surface area contributed by atoms with Crippen LogP contribution in [0.5, 0.6) is 0 Å². The van der Waals surface area contributed by atoms with E-state index in [2.05, 4.69) is 4.99 Å². The molecule has 0 spiro atoms. The third-order valence-electron chi connectivity index (χ3n) is 5.01. The molecule has 148 valence electrons. The van der Waals surface area contributed by atoms with Gasteiger partial charge < -0.3 is 15.1 Å². The van der Waals surface area contributed by atoms with Gasteiger partial charge in [-0.3, -0.25) is 15.2 Å². The number of alkyl halides is 4. The van der Waals surface area contributed by atoms with E-state index in [4.69, 9.17) is 4.74 Å². The van der Waals surface area contributed by atoms with Crippen LogP contribution >= 0.6 is 0 Å². The standard InChI is InChI=1S/C14H20F4N4O4/c1-2-9(23)12-6-19-10(8-4-3-5-26-8)22(25)14(12,18)20-11(24)21(12)7-13(15,16)17/h6,8-10,23,25H,2-5,7H2,1H3,(H,20,24)/t8?,9?,10?,12-,14?/m0/s1. The van der Waals surface area contributed by atoms with Gasteiger partial charge in [-0.05, 0) is 19.3 Å². The Kier molecular flexibility index (Phi) is 4.66. The van der Waals surface area contributed by atoms with Gasteiger partial charge in [0.05, 0.1) is 12.2 Å². The van der Waals surface area contributed by atoms with Crippen LogP contribution in [0.1, 0.15) is 26.2 Å². The normalized spacial score (nSPS) is 39.2. The third-order valence-corrected chi connectivity index (χ3v) is 5.01. The molecule has 3 aliphatic rings. The molecule has 0 bridgehead atoms. The van der Waals surface area contributed by atoms with Crippen LogP contribution in [0, 0.1) is 0 Å². The summed E-state index contributed by atoms with van der Waals surface area (Å²) in [6.07, 6.45) is -6.82. The summed E-state index contributed by atoms with van der Waals surface area (Å²) < 4.78 is 60.1. The zero-order valence-corrected chi connectivity index (χ0v) is 13.9. The van der Waals surface area contributed by atoms with Crippen molar-refractivity contribution >= 4 is 12.2 Å². The van der Waals surface area contributed by atoms with E-state index in [-0.39, 0.29) is 16.4 Å². The number of hydrogen-bond acceptors (Lipinski definition) is 6. The van der Waals surface area contributed by atoms with Gasteiger partial charge in [0.2, 0.25) is 0 Å². The smallest absolute Gasteiger partial charge is 0.390 e. The molecule has 0 aromatic heterocycles. The van der Waals surface area contributed by atoms with Gasteiger partial charge >= 0.3 is 12.2 Å². The van der Waals surface area contributed by atoms with E-state index in [0.29, 0.717) is 19.4 Å². The molecular weight excluding hydrogens is 364 g/mol. The Balaban J connectivity index is 2.07. The van der Waals surface area contributed by atoms with Crippen molar-refractivity contribution in [2.24, 2.45) is 4.99 Å². The van der Waals surface area contributed by atoms with Crippen molar-refractivity contribution in [3.8, 4) is 0 Å². The minimum absolute atomic E-state index is 0.0517. The number of urea groups is 1. The second-order valence-corrected chi connectivity index (χ2v) is 6.59. The summed E-state index contributed by atoms with van der Waals surface area (Å²) in [6, 6.07) is -1.41. The van der Waals surface area contributed by atoms with Crippen molar-refractivity contribution < 1.29 is 37.4 Å². The van der Waals surface area contributed by atoms with Crippen LogP contribution in [-0.2, 0) is 4.74 Å². The number of hydroxylamine groups is 2. The minimum atomic E-state index is -4.84. The first-order valence-electron chi connectivity index (χ1n) is 8.24. The SMILES string of the molecule is CCC(O)[C@@]12C=NC(C3CCCO3)N(O)C1(F)NC(=O)N2CC(F)(F)F. The van der Waals surface area contributed by atoms with Crippen LogP contribution in [0.25, 0.3) is 0 Å². The molecule has 3 N–H and O–H groups in total. The number of rotatable bonds is 4. The maximum atomic E-state index is 15.9. The highest BCUT2D eigenvalue weighted by atomic mass is 19.4. The maximum Gasteiger partial charge on any atom is 0.406 e. The van der Waals surface area contributed by atoms with E-state index < -0.39 is 48.6 Å². The Bertz CT molecular complexity index is 600. The monoisotopic (exact) mass is 384 g/mol. The number of nitrogens with zero attached hydrogens (tertiary/aromatic N) is 3. The molecule has 8 nitrogen and oxygen atoms in total. The Labute approximate surface area is 146 Å². The molecule has 5 atom stereocenters. The van der Waals surface area contributed by atoms with Gasteiger partial charge in [-0.25, -0.2) is 4.79 Å². The molecular formula is C14H20F4N4O4. The van der Waals surface area contributed by atoms with Crippen LogP contribution < -0.4 is 5.32 Å². The number of carbonyl (C=O) groups excluding carboxylic acids is 1. The molecule has 0 aliphatic carbocycles. The molecule has 0 radical (unpaired) electrons. The van der Waals surface area contributed by atoms with Crippen molar-refractivity contribution in [1.29, 1.82) is 0 Å². The summed E-state index contributed by atoms with van der Waals surface area (Å²) in [5.74, 6) is -3.21. The molecule has 4 unspecified atom stereocenters. The van der Waals surface area contributed by atoms with Crippen molar-refractivity contribution in [1.82, 2.24) is 15.3 Å². The highest BCUT2D eigenvalue weighted by molar-refractivity contribution is 5.90. The number of hydrogen-bond donors (Lipinski definition) is 3. The van der Waals surface area contributed by atoms with Gasteiger partial charge in [0, 0.05) is 12.8 Å². The quantitative estimate of drug-likeness (QED) is 0.496. The zero-order chi connectivity index (χ0) is 19.3. The summed E-state index contributed by atoms with van der Waals surface area (Å²) in [5, 5.41) is 22.6. The first kappa shape index (κ1) is 19.3. The first-order chi connectivity index (χ1) is 12.1. The molecule has 3 heterocycles. The molecule has 3 aliphatic heterocycles. The summed E-state index contributed by atoms with van der Waals surface area (Å²) in [5.41, 5.74) is -2.54. The van der Waals surface area contributed by atoms with Crippen molar-refractivity contribution in [2.75, 3.05) is 13.2 Å². The zero-order valence-electron chi connectivity index (χ0n) is 13.9. The average molecular weight is 384 g/mol. The number of fused-ring (bicyclic) bond motifs is 1. The fourth-order valence-corrected chi connectivity index (χ4v) is 3.76. The van der Waals surface area contributed by atoms with E-state index in [0.717, 1.165) is 6.21 Å². The lowest BCUT2D eigenvalue weighted by Crippen LogP contribution is -2.76. The Morgan fingerprint density at radius 2 is 2.23 bits per heavy atom. The molecule has 26 heavy (non-hydrogen) atoms. The van der Waals surface area contributed by atoms with E-state index in [1.807, 2.05) is 0 Å². The first-order valence-corrected chi connectivity index (χ1v) is 8.24. The van der Waals surface area contributed by atoms with Gasteiger partial charge in [0.1, 0.15) is 6.54 Å². The Morgan fingerprint density at radius 1 is 1.54 bits per heavy atom. The lowest BCUT2D eigenvalue weighted by atomic mass is 9.84. The van der Waals surface area contributed by atoms with Crippen molar-refractivity contribution in [3.63, 3.8) is 0 Å². The minimum Gasteiger partial charge on any atom is -0.390 e. The highest BCUT2D eigenvalue weighted by Gasteiger charge is 2.73. The molecule has 0 aromatic carbocycles. The topological polar surface area (TPSA) is 97.6 Å². The molecule has 2 fully saturated rings. The van der Waals surface area contributed by atoms with E-state index in [1.54, 1.807) is 5.32 Å². The van der Waals surface area contributed by atoms with E-state index in [1.165, 1.54) is 6.92 Å². The highest BCUT2D eigenvalue weighted by Crippen LogP contribution is 2.46. The van der Waals surface area contributed by atoms with Crippen LogP contribution in [0.2, 0.25) is 0 Å². The van der Waals surface area contributed by atoms with E-state index in [9.17, 15) is 28.3 Å². The van der Waals surface area contributed by atoms with Gasteiger partial charge in [0.15, 0.2) is 11.7 Å². The molecule has 12 heteroatoms.